The van der Waals surface area contributed by atoms with Crippen LogP contribution in [-0.4, -0.2) is 29.9 Å². The van der Waals surface area contributed by atoms with Crippen LogP contribution in [0.1, 0.15) is 121 Å². The van der Waals surface area contributed by atoms with Crippen LogP contribution in [0.3, 0.4) is 0 Å². The highest BCUT2D eigenvalue weighted by molar-refractivity contribution is 6.08. The lowest BCUT2D eigenvalue weighted by atomic mass is 10.0. The number of hydrogen-bond donors (Lipinski definition) is 2. The van der Waals surface area contributed by atoms with E-state index in [1.807, 2.05) is 0 Å². The number of benzene rings is 1. The summed E-state index contributed by atoms with van der Waals surface area (Å²) in [6, 6.07) is 12.2. The lowest BCUT2D eigenvalue weighted by Gasteiger charge is -2.05. The normalized spacial score (nSPS) is 11.4. The second-order valence-electron chi connectivity index (χ2n) is 9.78. The average Bonchev–Trinajstić information content (AvgIpc) is 2.82. The van der Waals surface area contributed by atoms with Crippen molar-refractivity contribution in [1.29, 1.82) is 0 Å². The van der Waals surface area contributed by atoms with E-state index in [0.29, 0.717) is 0 Å². The number of rotatable bonds is 25. The van der Waals surface area contributed by atoms with Gasteiger partial charge in [0.05, 0.1) is 0 Å². The van der Waals surface area contributed by atoms with E-state index < -0.39 is 0 Å². The molecule has 1 aromatic rings. The van der Waals surface area contributed by atoms with Crippen molar-refractivity contribution in [2.45, 2.75) is 128 Å². The Bertz CT molecular complexity index is 465. The quantitative estimate of drug-likeness (QED) is 0.119. The van der Waals surface area contributed by atoms with Gasteiger partial charge in [0, 0.05) is 16.8 Å². The molecule has 0 aliphatic rings. The zero-order chi connectivity index (χ0) is 22.8. The zero-order valence-electron chi connectivity index (χ0n) is 21.7. The van der Waals surface area contributed by atoms with E-state index in [2.05, 4.69) is 41.0 Å². The van der Waals surface area contributed by atoms with Gasteiger partial charge < -0.3 is 10.6 Å². The Morgan fingerprint density at radius 2 is 0.812 bits per heavy atom. The smallest absolute Gasteiger partial charge is 0.0205 e. The van der Waals surface area contributed by atoms with Crippen LogP contribution in [0.4, 0.5) is 0 Å². The van der Waals surface area contributed by atoms with E-state index in [9.17, 15) is 0 Å². The van der Waals surface area contributed by atoms with Gasteiger partial charge in [-0.1, -0.05) is 133 Å². The first kappa shape index (κ1) is 29.4. The molecule has 2 N–H and O–H groups in total. The van der Waals surface area contributed by atoms with Gasteiger partial charge in [-0.3, -0.25) is 0 Å². The minimum atomic E-state index is 1.01. The summed E-state index contributed by atoms with van der Waals surface area (Å²) in [5, 5.41) is 7.13. The molecule has 1 aromatic carbocycles. The molecule has 0 amide bonds. The third-order valence-electron chi connectivity index (χ3n) is 6.59. The largest absolute Gasteiger partial charge is 0.317 e. The van der Waals surface area contributed by atoms with Gasteiger partial charge in [-0.05, 0) is 44.5 Å². The summed E-state index contributed by atoms with van der Waals surface area (Å²) in [7, 11) is 1.37. The van der Waals surface area contributed by atoms with Crippen molar-refractivity contribution >= 4 is 10.2 Å². The van der Waals surface area contributed by atoms with Gasteiger partial charge in [-0.15, -0.1) is 0 Å². The topological polar surface area (TPSA) is 24.1 Å². The molecule has 0 aliphatic carbocycles. The van der Waals surface area contributed by atoms with Crippen molar-refractivity contribution < 1.29 is 0 Å². The lowest BCUT2D eigenvalue weighted by molar-refractivity contribution is 0.519. The molecule has 0 saturated carbocycles. The van der Waals surface area contributed by atoms with Gasteiger partial charge in [0.15, 0.2) is 0 Å². The molecule has 2 nitrogen and oxygen atoms in total. The highest BCUT2D eigenvalue weighted by atomic mass is 28.1. The number of nitrogens with one attached hydrogen (secondary N) is 2. The Kier molecular flexibility index (Phi) is 22.9. The van der Waals surface area contributed by atoms with Gasteiger partial charge >= 0.3 is 0 Å². The molecular formula is C29H56N2Si. The van der Waals surface area contributed by atoms with Crippen LogP contribution >= 0.6 is 0 Å². The summed E-state index contributed by atoms with van der Waals surface area (Å²) in [5.74, 6) is 0. The van der Waals surface area contributed by atoms with E-state index in [1.54, 1.807) is 0 Å². The monoisotopic (exact) mass is 460 g/mol. The molecule has 0 bridgehead atoms. The molecular weight excluding hydrogens is 404 g/mol. The summed E-state index contributed by atoms with van der Waals surface area (Å²) in [6.07, 6.45) is 25.9. The Hall–Kier alpha value is -0.643. The van der Waals surface area contributed by atoms with E-state index in [1.165, 1.54) is 151 Å². The van der Waals surface area contributed by atoms with Crippen LogP contribution in [0, 0.1) is 0 Å². The average molecular weight is 461 g/mol. The maximum absolute atomic E-state index is 3.57. The molecule has 0 fully saturated rings. The highest BCUT2D eigenvalue weighted by Crippen LogP contribution is 2.14. The molecule has 0 spiro atoms. The molecule has 0 aliphatic heterocycles. The van der Waals surface area contributed by atoms with Gasteiger partial charge in [0.1, 0.15) is 0 Å². The summed E-state index contributed by atoms with van der Waals surface area (Å²) < 4.78 is 0. The fourth-order valence-electron chi connectivity index (χ4n) is 4.41. The number of unbranched alkanes of at least 4 members (excludes halogenated alkanes) is 16. The van der Waals surface area contributed by atoms with Crippen molar-refractivity contribution in [3.63, 3.8) is 0 Å². The maximum atomic E-state index is 3.57. The van der Waals surface area contributed by atoms with Gasteiger partial charge in [-0.25, -0.2) is 0 Å². The van der Waals surface area contributed by atoms with Crippen LogP contribution in [0.25, 0.3) is 0 Å². The highest BCUT2D eigenvalue weighted by Gasteiger charge is 1.96. The molecule has 0 aromatic heterocycles. The van der Waals surface area contributed by atoms with Gasteiger partial charge in [0.2, 0.25) is 0 Å². The molecule has 186 valence electrons. The summed E-state index contributed by atoms with van der Waals surface area (Å²) in [5.41, 5.74) is 1.39. The minimum Gasteiger partial charge on any atom is -0.317 e. The SMILES string of the molecule is [SiH3]CCCNCCCCCCCCCCCCCCCCCCCNCc1ccccc1. The molecule has 32 heavy (non-hydrogen) atoms. The van der Waals surface area contributed by atoms with Crippen molar-refractivity contribution in [2.75, 3.05) is 19.6 Å². The van der Waals surface area contributed by atoms with Crippen molar-refractivity contribution in [1.82, 2.24) is 10.6 Å². The predicted octanol–water partition coefficient (Wildman–Crippen LogP) is 7.17. The van der Waals surface area contributed by atoms with E-state index in [0.717, 1.165) is 13.1 Å². The molecule has 0 radical (unpaired) electrons. The minimum absolute atomic E-state index is 1.01. The Morgan fingerprint density at radius 1 is 0.438 bits per heavy atom. The Balaban J connectivity index is 1.64. The first-order valence-corrected chi connectivity index (χ1v) is 15.8. The maximum Gasteiger partial charge on any atom is 0.0205 e. The van der Waals surface area contributed by atoms with Crippen molar-refractivity contribution in [3.05, 3.63) is 35.9 Å². The summed E-state index contributed by atoms with van der Waals surface area (Å²) in [4.78, 5) is 0. The lowest BCUT2D eigenvalue weighted by Crippen LogP contribution is -2.16. The standard InChI is InChI=1S/C29H56N2Si/c32-27-21-26-30-24-19-14-12-10-8-6-4-2-1-3-5-7-9-11-13-15-20-25-31-28-29-22-17-16-18-23-29/h16-18,22-23,30-31H,1-15,19-21,24-28H2,32H3. The predicted molar refractivity (Wildman–Crippen MR) is 149 cm³/mol. The van der Waals surface area contributed by atoms with Crippen LogP contribution in [0.15, 0.2) is 30.3 Å². The second kappa shape index (κ2) is 25.0. The molecule has 0 heterocycles. The van der Waals surface area contributed by atoms with Gasteiger partial charge in [-0.2, -0.15) is 0 Å². The third kappa shape index (κ3) is 21.2. The molecule has 1 rings (SSSR count). The Labute approximate surface area is 204 Å². The van der Waals surface area contributed by atoms with Crippen LogP contribution in [-0.2, 0) is 6.54 Å². The van der Waals surface area contributed by atoms with E-state index >= 15 is 0 Å². The van der Waals surface area contributed by atoms with Crippen molar-refractivity contribution in [2.24, 2.45) is 0 Å². The third-order valence-corrected chi connectivity index (χ3v) is 7.29. The number of hydrogen-bond acceptors (Lipinski definition) is 2. The van der Waals surface area contributed by atoms with Crippen LogP contribution in [0.5, 0.6) is 0 Å². The van der Waals surface area contributed by atoms with E-state index in [4.69, 9.17) is 0 Å². The summed E-state index contributed by atoms with van der Waals surface area (Å²) in [6.45, 7) is 4.66. The first-order chi connectivity index (χ1) is 15.9. The zero-order valence-corrected chi connectivity index (χ0v) is 23.7. The van der Waals surface area contributed by atoms with Crippen LogP contribution < -0.4 is 10.6 Å². The fourth-order valence-corrected chi connectivity index (χ4v) is 4.76. The second-order valence-corrected chi connectivity index (χ2v) is 10.8. The summed E-state index contributed by atoms with van der Waals surface area (Å²) >= 11 is 0. The van der Waals surface area contributed by atoms with Crippen molar-refractivity contribution in [3.8, 4) is 0 Å². The fraction of sp³-hybridized carbons (Fsp3) is 0.793. The first-order valence-electron chi connectivity index (χ1n) is 14.4. The molecule has 3 heteroatoms. The van der Waals surface area contributed by atoms with Gasteiger partial charge in [0.25, 0.3) is 0 Å². The van der Waals surface area contributed by atoms with Crippen LogP contribution in [0.2, 0.25) is 6.04 Å². The Morgan fingerprint density at radius 3 is 1.25 bits per heavy atom. The van der Waals surface area contributed by atoms with E-state index in [-0.39, 0.29) is 0 Å². The molecule has 0 atom stereocenters. The molecule has 0 saturated heterocycles. The molecule has 0 unspecified atom stereocenters.